The molecule has 0 saturated carbocycles. The van der Waals surface area contributed by atoms with Crippen LogP contribution in [0.3, 0.4) is 0 Å². The van der Waals surface area contributed by atoms with Crippen LogP contribution >= 0.6 is 11.8 Å². The van der Waals surface area contributed by atoms with Gasteiger partial charge in [-0.25, -0.2) is 4.79 Å². The summed E-state index contributed by atoms with van der Waals surface area (Å²) in [6, 6.07) is 13.4. The van der Waals surface area contributed by atoms with Crippen molar-refractivity contribution in [1.29, 1.82) is 0 Å². The fourth-order valence-corrected chi connectivity index (χ4v) is 3.90. The van der Waals surface area contributed by atoms with Gasteiger partial charge in [-0.15, -0.1) is 10.2 Å². The Morgan fingerprint density at radius 2 is 1.76 bits per heavy atom. The highest BCUT2D eigenvalue weighted by atomic mass is 32.2. The number of esters is 1. The number of methoxy groups -OCH3 is 2. The molecule has 0 atom stereocenters. The number of aromatic nitrogens is 3. The zero-order valence-electron chi connectivity index (χ0n) is 19.0. The van der Waals surface area contributed by atoms with Gasteiger partial charge in [-0.05, 0) is 43.3 Å². The number of amides is 2. The van der Waals surface area contributed by atoms with Gasteiger partial charge in [-0.3, -0.25) is 9.59 Å². The number of ether oxygens (including phenoxy) is 2. The number of nitrogens with zero attached hydrogens (tertiary/aromatic N) is 3. The van der Waals surface area contributed by atoms with Crippen LogP contribution in [0.1, 0.15) is 33.5 Å². The lowest BCUT2D eigenvalue weighted by molar-refractivity contribution is -0.113. The van der Waals surface area contributed by atoms with E-state index in [2.05, 4.69) is 20.8 Å². The molecule has 11 heteroatoms. The van der Waals surface area contributed by atoms with E-state index in [0.717, 1.165) is 0 Å². The molecule has 3 rings (SSSR count). The largest absolute Gasteiger partial charge is 0.497 e. The molecule has 0 saturated heterocycles. The molecule has 10 nitrogen and oxygen atoms in total. The van der Waals surface area contributed by atoms with Crippen molar-refractivity contribution in [3.63, 3.8) is 0 Å². The summed E-state index contributed by atoms with van der Waals surface area (Å²) in [5.74, 6) is 0.222. The third kappa shape index (κ3) is 6.13. The molecule has 34 heavy (non-hydrogen) atoms. The van der Waals surface area contributed by atoms with Gasteiger partial charge in [0.25, 0.3) is 5.91 Å². The number of hydrogen-bond acceptors (Lipinski definition) is 8. The minimum absolute atomic E-state index is 0.0614. The molecule has 0 aliphatic carbocycles. The summed E-state index contributed by atoms with van der Waals surface area (Å²) in [6.45, 7) is 2.68. The van der Waals surface area contributed by atoms with Gasteiger partial charge >= 0.3 is 5.97 Å². The molecule has 0 bridgehead atoms. The van der Waals surface area contributed by atoms with Crippen LogP contribution in [0, 0.1) is 0 Å². The number of carbonyl (C=O) groups is 3. The SMILES string of the molecule is CCn1c(CNC(=O)c2ccc(OC)cc2)nnc1SCC(=O)Nc1ccccc1C(=O)OC. The highest BCUT2D eigenvalue weighted by Crippen LogP contribution is 2.20. The Hall–Kier alpha value is -3.86. The smallest absolute Gasteiger partial charge is 0.339 e. The van der Waals surface area contributed by atoms with E-state index in [4.69, 9.17) is 9.47 Å². The van der Waals surface area contributed by atoms with E-state index in [0.29, 0.717) is 34.5 Å². The van der Waals surface area contributed by atoms with Crippen LogP contribution in [0.4, 0.5) is 5.69 Å². The highest BCUT2D eigenvalue weighted by Gasteiger charge is 2.17. The van der Waals surface area contributed by atoms with Gasteiger partial charge in [0.2, 0.25) is 5.91 Å². The maximum absolute atomic E-state index is 12.5. The molecule has 0 radical (unpaired) electrons. The summed E-state index contributed by atoms with van der Waals surface area (Å²) in [5, 5.41) is 14.4. The standard InChI is InChI=1S/C23H25N5O5S/c1-4-28-19(13-24-21(30)15-9-11-16(32-2)12-10-15)26-27-23(28)34-14-20(29)25-18-8-6-5-7-17(18)22(31)33-3/h5-12H,4,13-14H2,1-3H3,(H,24,30)(H,25,29). The lowest BCUT2D eigenvalue weighted by Gasteiger charge is -2.10. The average molecular weight is 484 g/mol. The lowest BCUT2D eigenvalue weighted by Crippen LogP contribution is -2.24. The van der Waals surface area contributed by atoms with Crippen LogP contribution in [0.5, 0.6) is 5.75 Å². The zero-order valence-corrected chi connectivity index (χ0v) is 19.8. The fraction of sp³-hybridized carbons (Fsp3) is 0.261. The molecule has 0 aliphatic rings. The van der Waals surface area contributed by atoms with Gasteiger partial charge in [-0.2, -0.15) is 0 Å². The molecule has 0 aliphatic heterocycles. The van der Waals surface area contributed by atoms with Crippen LogP contribution < -0.4 is 15.4 Å². The molecule has 0 spiro atoms. The first-order chi connectivity index (χ1) is 16.5. The van der Waals surface area contributed by atoms with Crippen molar-refractivity contribution in [1.82, 2.24) is 20.1 Å². The van der Waals surface area contributed by atoms with E-state index >= 15 is 0 Å². The quantitative estimate of drug-likeness (QED) is 0.333. The average Bonchev–Trinajstić information content (AvgIpc) is 3.27. The Morgan fingerprint density at radius 1 is 1.03 bits per heavy atom. The molecule has 0 unspecified atom stereocenters. The summed E-state index contributed by atoms with van der Waals surface area (Å²) in [5.41, 5.74) is 1.15. The van der Waals surface area contributed by atoms with E-state index in [-0.39, 0.29) is 29.7 Å². The lowest BCUT2D eigenvalue weighted by atomic mass is 10.2. The van der Waals surface area contributed by atoms with E-state index in [9.17, 15) is 14.4 Å². The van der Waals surface area contributed by atoms with Crippen LogP contribution in [0.2, 0.25) is 0 Å². The molecular formula is C23H25N5O5S. The van der Waals surface area contributed by atoms with E-state index in [1.165, 1.54) is 18.9 Å². The van der Waals surface area contributed by atoms with Gasteiger partial charge < -0.3 is 24.7 Å². The molecule has 0 fully saturated rings. The first kappa shape index (κ1) is 24.8. The van der Waals surface area contributed by atoms with Gasteiger partial charge in [0, 0.05) is 12.1 Å². The molecule has 1 aromatic heterocycles. The maximum Gasteiger partial charge on any atom is 0.339 e. The normalized spacial score (nSPS) is 10.4. The number of para-hydroxylation sites is 1. The minimum atomic E-state index is -0.532. The molecule has 3 aromatic rings. The molecular weight excluding hydrogens is 458 g/mol. The number of anilines is 1. The fourth-order valence-electron chi connectivity index (χ4n) is 3.07. The first-order valence-electron chi connectivity index (χ1n) is 10.4. The summed E-state index contributed by atoms with van der Waals surface area (Å²) in [4.78, 5) is 36.7. The van der Waals surface area contributed by atoms with E-state index in [1.807, 2.05) is 11.5 Å². The summed E-state index contributed by atoms with van der Waals surface area (Å²) < 4.78 is 11.7. The van der Waals surface area contributed by atoms with Crippen molar-refractivity contribution in [2.45, 2.75) is 25.2 Å². The van der Waals surface area contributed by atoms with Crippen LogP contribution in [0.25, 0.3) is 0 Å². The summed E-state index contributed by atoms with van der Waals surface area (Å²) in [7, 11) is 2.85. The number of carbonyl (C=O) groups excluding carboxylic acids is 3. The maximum atomic E-state index is 12.5. The van der Waals surface area contributed by atoms with Crippen molar-refractivity contribution in [2.75, 3.05) is 25.3 Å². The molecule has 178 valence electrons. The molecule has 2 N–H and O–H groups in total. The number of rotatable bonds is 10. The van der Waals surface area contributed by atoms with Crippen LogP contribution in [-0.2, 0) is 22.6 Å². The second-order valence-electron chi connectivity index (χ2n) is 6.93. The number of nitrogens with one attached hydrogen (secondary N) is 2. The van der Waals surface area contributed by atoms with Gasteiger partial charge in [0.15, 0.2) is 11.0 Å². The van der Waals surface area contributed by atoms with Crippen molar-refractivity contribution in [3.8, 4) is 5.75 Å². The third-order valence-corrected chi connectivity index (χ3v) is 5.77. The Kier molecular flexibility index (Phi) is 8.63. The van der Waals surface area contributed by atoms with Crippen molar-refractivity contribution >= 4 is 35.2 Å². The predicted molar refractivity (Wildman–Crippen MR) is 127 cm³/mol. The van der Waals surface area contributed by atoms with Crippen molar-refractivity contribution < 1.29 is 23.9 Å². The van der Waals surface area contributed by atoms with Crippen LogP contribution in [0.15, 0.2) is 53.7 Å². The third-order valence-electron chi connectivity index (χ3n) is 4.81. The van der Waals surface area contributed by atoms with E-state index < -0.39 is 5.97 Å². The predicted octanol–water partition coefficient (Wildman–Crippen LogP) is 2.75. The second-order valence-corrected chi connectivity index (χ2v) is 7.87. The van der Waals surface area contributed by atoms with Gasteiger partial charge in [-0.1, -0.05) is 23.9 Å². The monoisotopic (exact) mass is 483 g/mol. The number of benzene rings is 2. The number of thioether (sulfide) groups is 1. The molecule has 2 aromatic carbocycles. The Morgan fingerprint density at radius 3 is 2.44 bits per heavy atom. The minimum Gasteiger partial charge on any atom is -0.497 e. The van der Waals surface area contributed by atoms with Gasteiger partial charge in [0.05, 0.1) is 37.8 Å². The Labute approximate surface area is 201 Å². The molecule has 2 amide bonds. The first-order valence-corrected chi connectivity index (χ1v) is 11.4. The Bertz CT molecular complexity index is 1160. The van der Waals surface area contributed by atoms with E-state index in [1.54, 1.807) is 55.6 Å². The second kappa shape index (κ2) is 11.8. The van der Waals surface area contributed by atoms with Crippen molar-refractivity contribution in [3.05, 3.63) is 65.5 Å². The highest BCUT2D eigenvalue weighted by molar-refractivity contribution is 7.99. The zero-order chi connectivity index (χ0) is 24.5. The topological polar surface area (TPSA) is 124 Å². The summed E-state index contributed by atoms with van der Waals surface area (Å²) in [6.07, 6.45) is 0. The molecule has 1 heterocycles. The van der Waals surface area contributed by atoms with Crippen molar-refractivity contribution in [2.24, 2.45) is 0 Å². The van der Waals surface area contributed by atoms with Gasteiger partial charge in [0.1, 0.15) is 5.75 Å². The number of hydrogen-bond donors (Lipinski definition) is 2. The summed E-state index contributed by atoms with van der Waals surface area (Å²) >= 11 is 1.21. The van der Waals surface area contributed by atoms with Crippen LogP contribution in [-0.4, -0.2) is 52.5 Å². The Balaban J connectivity index is 1.58.